The lowest BCUT2D eigenvalue weighted by atomic mass is 10.0. The molecule has 0 radical (unpaired) electrons. The maximum atomic E-state index is 12.8. The van der Waals surface area contributed by atoms with Gasteiger partial charge < -0.3 is 27.9 Å². The molecule has 430 valence electrons. The summed E-state index contributed by atoms with van der Waals surface area (Å²) in [6.45, 7) is 4.14. The third-order valence-electron chi connectivity index (χ3n) is 13.2. The zero-order valence-corrected chi connectivity index (χ0v) is 49.7. The van der Waals surface area contributed by atoms with Crippen LogP contribution in [0, 0.1) is 0 Å². The summed E-state index contributed by atoms with van der Waals surface area (Å²) < 4.78 is 34.2. The van der Waals surface area contributed by atoms with Gasteiger partial charge in [0.25, 0.3) is 7.82 Å². The van der Waals surface area contributed by atoms with Gasteiger partial charge in [-0.2, -0.15) is 0 Å². The molecule has 0 aliphatic rings. The first-order valence-corrected chi connectivity index (χ1v) is 32.1. The van der Waals surface area contributed by atoms with Crippen molar-refractivity contribution in [2.75, 3.05) is 47.5 Å². The second-order valence-corrected chi connectivity index (χ2v) is 23.1. The Bertz CT molecular complexity index is 1480. The van der Waals surface area contributed by atoms with Crippen molar-refractivity contribution in [1.82, 2.24) is 0 Å². The second kappa shape index (κ2) is 55.2. The Kier molecular flexibility index (Phi) is 53.3. The van der Waals surface area contributed by atoms with Crippen molar-refractivity contribution in [3.05, 3.63) is 72.9 Å². The quantitative estimate of drug-likeness (QED) is 0.0195. The van der Waals surface area contributed by atoms with E-state index in [4.69, 9.17) is 18.5 Å². The summed E-state index contributed by atoms with van der Waals surface area (Å²) in [5.41, 5.74) is 0. The fourth-order valence-electron chi connectivity index (χ4n) is 8.54. The van der Waals surface area contributed by atoms with Gasteiger partial charge in [0.05, 0.1) is 27.7 Å². The topological polar surface area (TPSA) is 111 Å². The Morgan fingerprint density at radius 2 is 0.770 bits per heavy atom. The SMILES string of the molecule is CC/C=C\C/C=C\C/C=C\C/C=C\C/C=C\C/C=C\CCCCCCCCC(=O)OC(COC(=O)CCCCCCCCCCCCCCCCCCCCCCCCCCC)COP(=O)([O-])OCC[N+](C)(C)C. The normalized spacial score (nSPS) is 13.8. The van der Waals surface area contributed by atoms with Crippen molar-refractivity contribution in [3.8, 4) is 0 Å². The van der Waals surface area contributed by atoms with Gasteiger partial charge in [-0.3, -0.25) is 14.2 Å². The molecular formula is C64H116NO8P. The van der Waals surface area contributed by atoms with Crippen molar-refractivity contribution < 1.29 is 42.1 Å². The highest BCUT2D eigenvalue weighted by Gasteiger charge is 2.22. The molecular weight excluding hydrogens is 942 g/mol. The van der Waals surface area contributed by atoms with Crippen LogP contribution in [-0.4, -0.2) is 70.0 Å². The summed E-state index contributed by atoms with van der Waals surface area (Å²) >= 11 is 0. The van der Waals surface area contributed by atoms with Crippen LogP contribution in [0.3, 0.4) is 0 Å². The van der Waals surface area contributed by atoms with Crippen LogP contribution >= 0.6 is 7.82 Å². The zero-order chi connectivity index (χ0) is 54.2. The number of carbonyl (C=O) groups excluding carboxylic acids is 2. The number of carbonyl (C=O) groups is 2. The second-order valence-electron chi connectivity index (χ2n) is 21.7. The average molecular weight is 1060 g/mol. The van der Waals surface area contributed by atoms with E-state index >= 15 is 0 Å². The molecule has 0 amide bonds. The summed E-state index contributed by atoms with van der Waals surface area (Å²) in [7, 11) is 1.16. The number of nitrogens with zero attached hydrogens (tertiary/aromatic N) is 1. The highest BCUT2D eigenvalue weighted by Crippen LogP contribution is 2.38. The predicted molar refractivity (Wildman–Crippen MR) is 314 cm³/mol. The number of ether oxygens (including phenoxy) is 2. The molecule has 0 fully saturated rings. The summed E-state index contributed by atoms with van der Waals surface area (Å²) in [6, 6.07) is 0. The molecule has 9 nitrogen and oxygen atoms in total. The average Bonchev–Trinajstić information content (AvgIpc) is 3.36. The number of allylic oxidation sites excluding steroid dienone is 12. The molecule has 2 atom stereocenters. The van der Waals surface area contributed by atoms with Gasteiger partial charge >= 0.3 is 11.9 Å². The Morgan fingerprint density at radius 1 is 0.432 bits per heavy atom. The molecule has 0 spiro atoms. The number of rotatable bonds is 56. The van der Waals surface area contributed by atoms with Crippen molar-refractivity contribution >= 4 is 19.8 Å². The molecule has 74 heavy (non-hydrogen) atoms. The number of esters is 2. The predicted octanol–water partition coefficient (Wildman–Crippen LogP) is 18.6. The van der Waals surface area contributed by atoms with E-state index in [0.717, 1.165) is 96.3 Å². The van der Waals surface area contributed by atoms with Gasteiger partial charge in [-0.25, -0.2) is 0 Å². The maximum absolute atomic E-state index is 12.8. The van der Waals surface area contributed by atoms with E-state index in [9.17, 15) is 19.0 Å². The number of unbranched alkanes of at least 4 members (excludes halogenated alkanes) is 30. The minimum absolute atomic E-state index is 0.0359. The first kappa shape index (κ1) is 71.5. The monoisotopic (exact) mass is 1060 g/mol. The van der Waals surface area contributed by atoms with Gasteiger partial charge in [-0.05, 0) is 64.2 Å². The fourth-order valence-corrected chi connectivity index (χ4v) is 9.27. The molecule has 0 aromatic carbocycles. The van der Waals surface area contributed by atoms with E-state index in [1.54, 1.807) is 0 Å². The lowest BCUT2D eigenvalue weighted by molar-refractivity contribution is -0.870. The molecule has 0 aliphatic heterocycles. The first-order chi connectivity index (χ1) is 36.0. The lowest BCUT2D eigenvalue weighted by Gasteiger charge is -2.28. The van der Waals surface area contributed by atoms with Crippen LogP contribution in [0.1, 0.15) is 271 Å². The fraction of sp³-hybridized carbons (Fsp3) is 0.781. The minimum atomic E-state index is -4.64. The van der Waals surface area contributed by atoms with Crippen molar-refractivity contribution in [2.24, 2.45) is 0 Å². The number of quaternary nitrogens is 1. The molecule has 0 saturated heterocycles. The summed E-state index contributed by atoms with van der Waals surface area (Å²) in [4.78, 5) is 37.9. The Morgan fingerprint density at radius 3 is 1.15 bits per heavy atom. The van der Waals surface area contributed by atoms with Crippen molar-refractivity contribution in [3.63, 3.8) is 0 Å². The van der Waals surface area contributed by atoms with Gasteiger partial charge in [-0.1, -0.05) is 267 Å². The molecule has 0 rings (SSSR count). The smallest absolute Gasteiger partial charge is 0.306 e. The molecule has 0 bridgehead atoms. The summed E-state index contributed by atoms with van der Waals surface area (Å²) in [5, 5.41) is 0. The van der Waals surface area contributed by atoms with Crippen LogP contribution in [0.15, 0.2) is 72.9 Å². The zero-order valence-electron chi connectivity index (χ0n) is 48.8. The van der Waals surface area contributed by atoms with Crippen LogP contribution in [0.5, 0.6) is 0 Å². The molecule has 0 aliphatic carbocycles. The Hall–Kier alpha value is -2.55. The molecule has 10 heteroatoms. The number of phosphoric ester groups is 1. The van der Waals surface area contributed by atoms with Gasteiger partial charge in [0.2, 0.25) is 0 Å². The van der Waals surface area contributed by atoms with Gasteiger partial charge in [0.1, 0.15) is 19.8 Å². The van der Waals surface area contributed by atoms with Crippen molar-refractivity contribution in [1.29, 1.82) is 0 Å². The summed E-state index contributed by atoms with van der Waals surface area (Å²) in [5.74, 6) is -0.843. The highest BCUT2D eigenvalue weighted by molar-refractivity contribution is 7.45. The third-order valence-corrected chi connectivity index (χ3v) is 14.2. The molecule has 0 saturated carbocycles. The molecule has 0 aromatic heterocycles. The van der Waals surface area contributed by atoms with E-state index in [1.807, 2.05) is 21.1 Å². The Balaban J connectivity index is 4.16. The number of phosphoric acid groups is 1. The van der Waals surface area contributed by atoms with Crippen molar-refractivity contribution in [2.45, 2.75) is 277 Å². The molecule has 0 aromatic rings. The minimum Gasteiger partial charge on any atom is -0.756 e. The largest absolute Gasteiger partial charge is 0.756 e. The summed E-state index contributed by atoms with van der Waals surface area (Å²) in [6.07, 6.45) is 72.4. The number of hydrogen-bond acceptors (Lipinski definition) is 8. The van der Waals surface area contributed by atoms with E-state index in [2.05, 4.69) is 86.8 Å². The first-order valence-electron chi connectivity index (χ1n) is 30.6. The standard InChI is InChI=1S/C64H116NO8P/c1-6-8-10-12-14-16-18-20-22-24-26-28-30-32-34-36-38-40-42-44-46-48-50-52-54-56-63(66)70-60-62(61-72-74(68,69)71-59-58-65(3,4)5)73-64(67)57-55-53-51-49-47-45-43-41-39-37-35-33-31-29-27-25-23-21-19-17-15-13-11-9-7-2/h9,11,15,17,21,23,27,29,33,35,39,41,62H,6-8,10,12-14,16,18-20,22,24-26,28,30-32,34,36-38,40,42-61H2,1-5H3/b11-9-,17-15-,23-21-,29-27-,35-33-,41-39-. The van der Waals surface area contributed by atoms with Crippen LogP contribution in [-0.2, 0) is 32.7 Å². The van der Waals surface area contributed by atoms with Gasteiger partial charge in [0.15, 0.2) is 6.10 Å². The van der Waals surface area contributed by atoms with Crippen LogP contribution in [0.25, 0.3) is 0 Å². The lowest BCUT2D eigenvalue weighted by Crippen LogP contribution is -2.37. The van der Waals surface area contributed by atoms with E-state index in [-0.39, 0.29) is 32.0 Å². The van der Waals surface area contributed by atoms with E-state index in [1.165, 1.54) is 141 Å². The van der Waals surface area contributed by atoms with Crippen LogP contribution < -0.4 is 4.89 Å². The maximum Gasteiger partial charge on any atom is 0.306 e. The van der Waals surface area contributed by atoms with Gasteiger partial charge in [-0.15, -0.1) is 0 Å². The molecule has 2 unspecified atom stereocenters. The highest BCUT2D eigenvalue weighted by atomic mass is 31.2. The van der Waals surface area contributed by atoms with Crippen LogP contribution in [0.4, 0.5) is 0 Å². The number of likely N-dealkylation sites (N-methyl/N-ethyl adjacent to an activating group) is 1. The van der Waals surface area contributed by atoms with Gasteiger partial charge in [0, 0.05) is 12.8 Å². The number of hydrogen-bond donors (Lipinski definition) is 0. The van der Waals surface area contributed by atoms with E-state index in [0.29, 0.717) is 17.4 Å². The molecule has 0 N–H and O–H groups in total. The molecule has 0 heterocycles. The van der Waals surface area contributed by atoms with Crippen LogP contribution in [0.2, 0.25) is 0 Å². The van der Waals surface area contributed by atoms with E-state index < -0.39 is 26.5 Å². The Labute approximate surface area is 457 Å². The third kappa shape index (κ3) is 58.7.